The van der Waals surface area contributed by atoms with Crippen molar-refractivity contribution in [3.63, 3.8) is 0 Å². The molecular weight excluding hydrogens is 531 g/mol. The van der Waals surface area contributed by atoms with E-state index in [0.717, 1.165) is 24.1 Å². The Morgan fingerprint density at radius 3 is 2.00 bits per heavy atom. The van der Waals surface area contributed by atoms with Crippen LogP contribution in [0, 0.1) is 6.92 Å². The molecule has 2 aromatic carbocycles. The summed E-state index contributed by atoms with van der Waals surface area (Å²) in [5.41, 5.74) is -3.82. The van der Waals surface area contributed by atoms with Crippen LogP contribution < -0.4 is 4.90 Å². The third-order valence-corrected chi connectivity index (χ3v) is 6.39. The average molecular weight is 555 g/mol. The van der Waals surface area contributed by atoms with Crippen LogP contribution in [0.3, 0.4) is 0 Å². The van der Waals surface area contributed by atoms with Crippen molar-refractivity contribution in [1.82, 2.24) is 4.90 Å². The molecule has 1 aliphatic rings. The minimum absolute atomic E-state index is 0.0279. The van der Waals surface area contributed by atoms with E-state index in [1.807, 2.05) is 0 Å². The van der Waals surface area contributed by atoms with Gasteiger partial charge in [-0.15, -0.1) is 0 Å². The van der Waals surface area contributed by atoms with E-state index in [4.69, 9.17) is 4.74 Å². The summed E-state index contributed by atoms with van der Waals surface area (Å²) in [6.07, 6.45) is -16.0. The number of fused-ring (bicyclic) bond motifs is 1. The van der Waals surface area contributed by atoms with E-state index in [0.29, 0.717) is 42.6 Å². The highest BCUT2D eigenvalue weighted by Gasteiger charge is 2.39. The van der Waals surface area contributed by atoms with Crippen molar-refractivity contribution in [1.29, 1.82) is 0 Å². The van der Waals surface area contributed by atoms with Gasteiger partial charge in [-0.05, 0) is 73.7 Å². The predicted octanol–water partition coefficient (Wildman–Crippen LogP) is 7.70. The first-order valence-corrected chi connectivity index (χ1v) is 11.4. The van der Waals surface area contributed by atoms with E-state index in [1.54, 1.807) is 11.8 Å². The average Bonchev–Trinajstić information content (AvgIpc) is 2.83. The van der Waals surface area contributed by atoms with Crippen LogP contribution in [0.1, 0.15) is 47.6 Å². The molecule has 0 aromatic heterocycles. The number of rotatable bonds is 5. The number of halogens is 9. The van der Waals surface area contributed by atoms with Crippen LogP contribution in [0.4, 0.5) is 50.0 Å². The molecule has 2 atom stereocenters. The SMILES string of the molecule is [CH2][C@H](N(Cc1cc(C(F)(F)F)cc(C(F)(F)F)c1)C(=O)OC)N1c2ccc(C(F)(F)F)cc2CC[C@H]1CC. The van der Waals surface area contributed by atoms with E-state index in [9.17, 15) is 44.3 Å². The van der Waals surface area contributed by atoms with Gasteiger partial charge in [0.25, 0.3) is 0 Å². The van der Waals surface area contributed by atoms with Gasteiger partial charge in [0.1, 0.15) is 6.17 Å². The van der Waals surface area contributed by atoms with Crippen molar-refractivity contribution in [3.05, 3.63) is 71.1 Å². The Labute approximate surface area is 213 Å². The van der Waals surface area contributed by atoms with Crippen LogP contribution in [0.5, 0.6) is 0 Å². The molecule has 13 heteroatoms. The fourth-order valence-corrected chi connectivity index (χ4v) is 4.54. The smallest absolute Gasteiger partial charge is 0.416 e. The second kappa shape index (κ2) is 10.6. The summed E-state index contributed by atoms with van der Waals surface area (Å²) in [5, 5.41) is 0. The molecule has 0 fully saturated rings. The number of amides is 1. The van der Waals surface area contributed by atoms with E-state index in [2.05, 4.69) is 6.92 Å². The molecule has 0 aliphatic carbocycles. The largest absolute Gasteiger partial charge is 0.453 e. The lowest BCUT2D eigenvalue weighted by atomic mass is 9.92. The first-order valence-electron chi connectivity index (χ1n) is 11.4. The van der Waals surface area contributed by atoms with Gasteiger partial charge in [0.05, 0.1) is 30.3 Å². The number of aryl methyl sites for hydroxylation is 1. The maximum Gasteiger partial charge on any atom is 0.416 e. The Morgan fingerprint density at radius 1 is 0.974 bits per heavy atom. The minimum Gasteiger partial charge on any atom is -0.453 e. The Hall–Kier alpha value is -3.12. The lowest BCUT2D eigenvalue weighted by Gasteiger charge is -2.46. The molecule has 1 amide bonds. The molecule has 0 saturated carbocycles. The highest BCUT2D eigenvalue weighted by Crippen LogP contribution is 2.40. The Balaban J connectivity index is 2.07. The molecule has 4 nitrogen and oxygen atoms in total. The zero-order chi connectivity index (χ0) is 28.6. The molecule has 0 unspecified atom stereocenters. The number of alkyl halides is 9. The predicted molar refractivity (Wildman–Crippen MR) is 120 cm³/mol. The molecular formula is C25H24F9N2O2. The van der Waals surface area contributed by atoms with Gasteiger partial charge in [-0.25, -0.2) is 4.79 Å². The van der Waals surface area contributed by atoms with Gasteiger partial charge in [0.15, 0.2) is 0 Å². The van der Waals surface area contributed by atoms with Crippen molar-refractivity contribution in [3.8, 4) is 0 Å². The van der Waals surface area contributed by atoms with E-state index >= 15 is 0 Å². The molecule has 3 rings (SSSR count). The van der Waals surface area contributed by atoms with E-state index in [1.165, 1.54) is 6.07 Å². The molecule has 2 aromatic rings. The zero-order valence-corrected chi connectivity index (χ0v) is 20.3. The number of carbonyl (C=O) groups excluding carboxylic acids is 1. The van der Waals surface area contributed by atoms with Crippen molar-refractivity contribution in [2.24, 2.45) is 0 Å². The van der Waals surface area contributed by atoms with Crippen molar-refractivity contribution >= 4 is 11.8 Å². The summed E-state index contributed by atoms with van der Waals surface area (Å²) in [4.78, 5) is 15.1. The van der Waals surface area contributed by atoms with Crippen LogP contribution in [0.2, 0.25) is 0 Å². The lowest BCUT2D eigenvalue weighted by Crippen LogP contribution is -2.54. The molecule has 0 N–H and O–H groups in total. The van der Waals surface area contributed by atoms with Gasteiger partial charge in [0, 0.05) is 11.7 Å². The number of nitrogens with zero attached hydrogens (tertiary/aromatic N) is 2. The van der Waals surface area contributed by atoms with E-state index in [-0.39, 0.29) is 12.1 Å². The van der Waals surface area contributed by atoms with Crippen molar-refractivity contribution < 1.29 is 49.0 Å². The van der Waals surface area contributed by atoms with E-state index < -0.39 is 59.6 Å². The van der Waals surface area contributed by atoms with Crippen molar-refractivity contribution in [2.45, 2.75) is 63.5 Å². The zero-order valence-electron chi connectivity index (χ0n) is 20.3. The van der Waals surface area contributed by atoms with Gasteiger partial charge in [0.2, 0.25) is 0 Å². The number of benzene rings is 2. The van der Waals surface area contributed by atoms with Crippen LogP contribution in [-0.4, -0.2) is 30.3 Å². The highest BCUT2D eigenvalue weighted by molar-refractivity contribution is 5.70. The quantitative estimate of drug-likeness (QED) is 0.355. The van der Waals surface area contributed by atoms with Gasteiger partial charge in [-0.2, -0.15) is 39.5 Å². The maximum atomic E-state index is 13.4. The molecule has 38 heavy (non-hydrogen) atoms. The minimum atomic E-state index is -5.09. The van der Waals surface area contributed by atoms with Gasteiger partial charge in [-0.3, -0.25) is 4.90 Å². The maximum absolute atomic E-state index is 13.4. The Bertz CT molecular complexity index is 1130. The molecule has 209 valence electrons. The van der Waals surface area contributed by atoms with Gasteiger partial charge >= 0.3 is 24.6 Å². The first kappa shape index (κ1) is 29.4. The summed E-state index contributed by atoms with van der Waals surface area (Å²) >= 11 is 0. The van der Waals surface area contributed by atoms with Crippen LogP contribution in [0.25, 0.3) is 0 Å². The van der Waals surface area contributed by atoms with Crippen LogP contribution >= 0.6 is 0 Å². The normalized spacial score (nSPS) is 17.2. The standard InChI is InChI=1S/C25H24F9N2O2/c1-4-20-7-5-16-11-17(23(26,27)28)6-8-21(16)36(20)14(2)35(22(37)38-3)13-15-9-18(24(29,30)31)12-19(10-15)25(32,33)34/h6,8-12,14,20H,2,4-5,7,13H2,1,3H3/t14-,20-/m1/s1. The molecule has 1 heterocycles. The fourth-order valence-electron chi connectivity index (χ4n) is 4.54. The third-order valence-electron chi connectivity index (χ3n) is 6.39. The molecule has 1 aliphatic heterocycles. The van der Waals surface area contributed by atoms with Gasteiger partial charge in [-0.1, -0.05) is 6.92 Å². The van der Waals surface area contributed by atoms with Crippen LogP contribution in [0.15, 0.2) is 36.4 Å². The number of carbonyl (C=O) groups is 1. The van der Waals surface area contributed by atoms with Crippen LogP contribution in [-0.2, 0) is 36.2 Å². The molecule has 0 saturated heterocycles. The number of hydrogen-bond acceptors (Lipinski definition) is 3. The lowest BCUT2D eigenvalue weighted by molar-refractivity contribution is -0.143. The summed E-state index contributed by atoms with van der Waals surface area (Å²) in [5.74, 6) is 0. The molecule has 0 bridgehead atoms. The monoisotopic (exact) mass is 555 g/mol. The Kier molecular flexibility index (Phi) is 8.18. The van der Waals surface area contributed by atoms with Crippen molar-refractivity contribution in [2.75, 3.05) is 12.0 Å². The topological polar surface area (TPSA) is 32.8 Å². The Morgan fingerprint density at radius 2 is 1.53 bits per heavy atom. The highest BCUT2D eigenvalue weighted by atomic mass is 19.4. The molecule has 0 spiro atoms. The second-order valence-electron chi connectivity index (χ2n) is 8.84. The number of anilines is 1. The first-order chi connectivity index (χ1) is 17.5. The summed E-state index contributed by atoms with van der Waals surface area (Å²) < 4.78 is 125. The summed E-state index contributed by atoms with van der Waals surface area (Å²) in [6.45, 7) is 4.98. The number of ether oxygens (including phenoxy) is 1. The summed E-state index contributed by atoms with van der Waals surface area (Å²) in [7, 11) is 0.979. The second-order valence-corrected chi connectivity index (χ2v) is 8.84. The summed E-state index contributed by atoms with van der Waals surface area (Å²) in [6, 6.07) is 3.69. The molecule has 1 radical (unpaired) electrons. The fraction of sp³-hybridized carbons (Fsp3) is 0.440. The number of methoxy groups -OCH3 is 1. The van der Waals surface area contributed by atoms with Gasteiger partial charge < -0.3 is 9.64 Å². The third kappa shape index (κ3) is 6.29. The number of hydrogen-bond donors (Lipinski definition) is 0.